The van der Waals surface area contributed by atoms with Gasteiger partial charge in [0.15, 0.2) is 0 Å². The molecule has 0 saturated heterocycles. The van der Waals surface area contributed by atoms with Gasteiger partial charge in [-0.2, -0.15) is 0 Å². The lowest BCUT2D eigenvalue weighted by atomic mass is 10.1. The number of sulfonamides is 1. The SMILES string of the molecule is CCCc1ccc(Cl)c(S(=O)(=O)NC[C@@H](C)NCC)c1. The first-order chi connectivity index (χ1) is 9.40. The monoisotopic (exact) mass is 318 g/mol. The minimum Gasteiger partial charge on any atom is -0.313 e. The largest absolute Gasteiger partial charge is 0.313 e. The Bertz CT molecular complexity index is 532. The van der Waals surface area contributed by atoms with E-state index < -0.39 is 10.0 Å². The number of halogens is 1. The molecule has 2 N–H and O–H groups in total. The number of likely N-dealkylation sites (N-methyl/N-ethyl adjacent to an activating group) is 1. The Balaban J connectivity index is 2.88. The molecule has 0 unspecified atom stereocenters. The zero-order chi connectivity index (χ0) is 15.2. The van der Waals surface area contributed by atoms with Crippen LogP contribution >= 0.6 is 11.6 Å². The van der Waals surface area contributed by atoms with Crippen LogP contribution in [-0.2, 0) is 16.4 Å². The van der Waals surface area contributed by atoms with Crippen LogP contribution in [0.2, 0.25) is 5.02 Å². The highest BCUT2D eigenvalue weighted by molar-refractivity contribution is 7.89. The van der Waals surface area contributed by atoms with Crippen molar-refractivity contribution in [1.29, 1.82) is 0 Å². The predicted octanol–water partition coefficient (Wildman–Crippen LogP) is 2.57. The van der Waals surface area contributed by atoms with Crippen LogP contribution in [0.25, 0.3) is 0 Å². The maximum Gasteiger partial charge on any atom is 0.242 e. The molecule has 0 spiro atoms. The first kappa shape index (κ1) is 17.4. The van der Waals surface area contributed by atoms with E-state index in [0.29, 0.717) is 6.54 Å². The number of hydrogen-bond donors (Lipinski definition) is 2. The van der Waals surface area contributed by atoms with Gasteiger partial charge in [-0.1, -0.05) is 37.9 Å². The van der Waals surface area contributed by atoms with Crippen LogP contribution < -0.4 is 10.0 Å². The molecule has 0 aliphatic carbocycles. The Hall–Kier alpha value is -0.620. The van der Waals surface area contributed by atoms with Gasteiger partial charge in [0, 0.05) is 12.6 Å². The summed E-state index contributed by atoms with van der Waals surface area (Å²) in [6.07, 6.45) is 1.81. The van der Waals surface area contributed by atoms with Crippen LogP contribution in [0.5, 0.6) is 0 Å². The van der Waals surface area contributed by atoms with Gasteiger partial charge >= 0.3 is 0 Å². The van der Waals surface area contributed by atoms with Crippen LogP contribution in [0.15, 0.2) is 23.1 Å². The van der Waals surface area contributed by atoms with E-state index in [9.17, 15) is 8.42 Å². The summed E-state index contributed by atoms with van der Waals surface area (Å²) in [5, 5.41) is 3.41. The highest BCUT2D eigenvalue weighted by Gasteiger charge is 2.18. The zero-order valence-electron chi connectivity index (χ0n) is 12.2. The fourth-order valence-corrected chi connectivity index (χ4v) is 3.61. The molecule has 1 atom stereocenters. The third-order valence-electron chi connectivity index (χ3n) is 2.96. The standard InChI is InChI=1S/C14H23ClN2O2S/c1-4-6-12-7-8-13(15)14(9-12)20(18,19)17-10-11(3)16-5-2/h7-9,11,16-17H,4-6,10H2,1-3H3/t11-/m1/s1. The molecule has 1 aromatic rings. The molecule has 0 radical (unpaired) electrons. The highest BCUT2D eigenvalue weighted by Crippen LogP contribution is 2.23. The van der Waals surface area contributed by atoms with Crippen LogP contribution in [-0.4, -0.2) is 27.5 Å². The molecule has 1 rings (SSSR count). The first-order valence-electron chi connectivity index (χ1n) is 6.92. The molecular formula is C14H23ClN2O2S. The van der Waals surface area contributed by atoms with E-state index in [2.05, 4.69) is 17.0 Å². The van der Waals surface area contributed by atoms with Crippen LogP contribution in [0.3, 0.4) is 0 Å². The van der Waals surface area contributed by atoms with E-state index in [-0.39, 0.29) is 16.0 Å². The van der Waals surface area contributed by atoms with E-state index in [1.807, 2.05) is 19.9 Å². The zero-order valence-corrected chi connectivity index (χ0v) is 13.8. The van der Waals surface area contributed by atoms with E-state index in [1.54, 1.807) is 12.1 Å². The van der Waals surface area contributed by atoms with Crippen LogP contribution in [0.1, 0.15) is 32.8 Å². The van der Waals surface area contributed by atoms with Crippen molar-refractivity contribution in [2.75, 3.05) is 13.1 Å². The molecule has 1 aromatic carbocycles. The summed E-state index contributed by atoms with van der Waals surface area (Å²) in [6, 6.07) is 5.25. The van der Waals surface area contributed by atoms with Gasteiger partial charge in [0.1, 0.15) is 4.90 Å². The van der Waals surface area contributed by atoms with Crippen molar-refractivity contribution in [2.45, 2.75) is 44.6 Å². The average molecular weight is 319 g/mol. The van der Waals surface area contributed by atoms with Crippen molar-refractivity contribution >= 4 is 21.6 Å². The third kappa shape index (κ3) is 5.05. The molecule has 0 amide bonds. The number of nitrogens with one attached hydrogen (secondary N) is 2. The van der Waals surface area contributed by atoms with E-state index in [4.69, 9.17) is 11.6 Å². The summed E-state index contributed by atoms with van der Waals surface area (Å²) in [5.74, 6) is 0. The summed E-state index contributed by atoms with van der Waals surface area (Å²) in [5.41, 5.74) is 0.983. The topological polar surface area (TPSA) is 58.2 Å². The van der Waals surface area contributed by atoms with Crippen molar-refractivity contribution in [3.8, 4) is 0 Å². The summed E-state index contributed by atoms with van der Waals surface area (Å²) < 4.78 is 27.2. The van der Waals surface area contributed by atoms with Gasteiger partial charge in [-0.05, 0) is 37.6 Å². The Kier molecular flexibility index (Phi) is 6.95. The van der Waals surface area contributed by atoms with Gasteiger partial charge in [0.05, 0.1) is 5.02 Å². The van der Waals surface area contributed by atoms with Crippen molar-refractivity contribution in [3.63, 3.8) is 0 Å². The number of hydrogen-bond acceptors (Lipinski definition) is 3. The maximum atomic E-state index is 12.3. The van der Waals surface area contributed by atoms with E-state index in [1.165, 1.54) is 0 Å². The van der Waals surface area contributed by atoms with Gasteiger partial charge in [-0.25, -0.2) is 13.1 Å². The van der Waals surface area contributed by atoms with Crippen molar-refractivity contribution in [3.05, 3.63) is 28.8 Å². The smallest absolute Gasteiger partial charge is 0.242 e. The lowest BCUT2D eigenvalue weighted by Crippen LogP contribution is -2.38. The van der Waals surface area contributed by atoms with Crippen molar-refractivity contribution < 1.29 is 8.42 Å². The van der Waals surface area contributed by atoms with Gasteiger partial charge < -0.3 is 5.32 Å². The summed E-state index contributed by atoms with van der Waals surface area (Å²) in [7, 11) is -3.57. The minimum absolute atomic E-state index is 0.0763. The second-order valence-corrected chi connectivity index (χ2v) is 6.97. The fourth-order valence-electron chi connectivity index (χ4n) is 1.93. The molecule has 0 aliphatic rings. The summed E-state index contributed by atoms with van der Waals surface area (Å²) in [6.45, 7) is 7.11. The second-order valence-electron chi connectivity index (χ2n) is 4.83. The third-order valence-corrected chi connectivity index (χ3v) is 4.86. The molecule has 20 heavy (non-hydrogen) atoms. The molecule has 0 saturated carbocycles. The summed E-state index contributed by atoms with van der Waals surface area (Å²) >= 11 is 6.02. The minimum atomic E-state index is -3.57. The second kappa shape index (κ2) is 7.98. The molecule has 114 valence electrons. The maximum absolute atomic E-state index is 12.3. The van der Waals surface area contributed by atoms with Gasteiger partial charge in [0.25, 0.3) is 0 Å². The Morgan fingerprint density at radius 3 is 2.60 bits per heavy atom. The molecular weight excluding hydrogens is 296 g/mol. The highest BCUT2D eigenvalue weighted by atomic mass is 35.5. The molecule has 4 nitrogen and oxygen atoms in total. The van der Waals surface area contributed by atoms with Gasteiger partial charge in [0.2, 0.25) is 10.0 Å². The molecule has 0 aromatic heterocycles. The van der Waals surface area contributed by atoms with Crippen molar-refractivity contribution in [2.24, 2.45) is 0 Å². The fraction of sp³-hybridized carbons (Fsp3) is 0.571. The van der Waals surface area contributed by atoms with Crippen LogP contribution in [0, 0.1) is 0 Å². The molecule has 0 fully saturated rings. The van der Waals surface area contributed by atoms with Crippen molar-refractivity contribution in [1.82, 2.24) is 10.0 Å². The average Bonchev–Trinajstić information content (AvgIpc) is 2.39. The first-order valence-corrected chi connectivity index (χ1v) is 8.78. The Morgan fingerprint density at radius 1 is 1.30 bits per heavy atom. The van der Waals surface area contributed by atoms with E-state index >= 15 is 0 Å². The van der Waals surface area contributed by atoms with E-state index in [0.717, 1.165) is 24.9 Å². The molecule has 0 bridgehead atoms. The summed E-state index contributed by atoms with van der Waals surface area (Å²) in [4.78, 5) is 0.161. The number of aryl methyl sites for hydroxylation is 1. The molecule has 0 aliphatic heterocycles. The van der Waals surface area contributed by atoms with Crippen LogP contribution in [0.4, 0.5) is 0 Å². The Morgan fingerprint density at radius 2 is 2.00 bits per heavy atom. The number of rotatable bonds is 8. The quantitative estimate of drug-likeness (QED) is 0.774. The normalized spacial score (nSPS) is 13.4. The molecule has 6 heteroatoms. The lowest BCUT2D eigenvalue weighted by molar-refractivity contribution is 0.536. The molecule has 0 heterocycles. The number of benzene rings is 1. The van der Waals surface area contributed by atoms with Gasteiger partial charge in [-0.15, -0.1) is 0 Å². The van der Waals surface area contributed by atoms with Gasteiger partial charge in [-0.3, -0.25) is 0 Å². The lowest BCUT2D eigenvalue weighted by Gasteiger charge is -2.14. The Labute approximate surface area is 127 Å². The predicted molar refractivity (Wildman–Crippen MR) is 83.8 cm³/mol.